The van der Waals surface area contributed by atoms with Crippen LogP contribution in [0.3, 0.4) is 0 Å². The largest absolute Gasteiger partial charge is 2.00 e. The number of para-hydroxylation sites is 2. The van der Waals surface area contributed by atoms with Crippen molar-refractivity contribution in [1.82, 2.24) is 4.98 Å². The quantitative estimate of drug-likeness (QED) is 0.0771. The Balaban J connectivity index is 0.000000963. The molecule has 0 fully saturated rings. The number of rotatable bonds is 17. The first-order valence-corrected chi connectivity index (χ1v) is 19.8. The van der Waals surface area contributed by atoms with E-state index >= 15 is 0 Å². The average Bonchev–Trinajstić information content (AvgIpc) is 3.54. The minimum absolute atomic E-state index is 0. The van der Waals surface area contributed by atoms with E-state index in [9.17, 15) is 0 Å². The number of aromatic nitrogens is 1. The monoisotopic (exact) mass is 787 g/mol. The Bertz CT molecular complexity index is 1290. The Morgan fingerprint density at radius 1 is 0.640 bits per heavy atom. The van der Waals surface area contributed by atoms with Gasteiger partial charge in [-0.25, -0.2) is 0 Å². The van der Waals surface area contributed by atoms with Crippen LogP contribution in [0.15, 0.2) is 79.0 Å². The van der Waals surface area contributed by atoms with Gasteiger partial charge in [-0.05, 0) is 110 Å². The summed E-state index contributed by atoms with van der Waals surface area (Å²) < 4.78 is 0. The third-order valence-corrected chi connectivity index (χ3v) is 10.8. The number of unbranched alkanes of at least 4 members (excludes halogenated alkanes) is 2. The molecule has 276 valence electrons. The van der Waals surface area contributed by atoms with Gasteiger partial charge in [0.05, 0.1) is 11.4 Å². The van der Waals surface area contributed by atoms with Gasteiger partial charge >= 0.3 is 20.4 Å². The maximum atomic E-state index is 5.42. The van der Waals surface area contributed by atoms with Crippen molar-refractivity contribution in [2.75, 3.05) is 9.80 Å². The molecule has 0 unspecified atom stereocenters. The van der Waals surface area contributed by atoms with E-state index in [1.165, 1.54) is 39.4 Å². The molecule has 50 heavy (non-hydrogen) atoms. The molecule has 0 N–H and O–H groups in total. The standard InChI is InChI=1S/C40H61N2.C5H3ClN.Pd/c1-10-19-20-27-38-41(39-34(30(11-2)12-3)23-21-24-35(39)31(13-4)14-5)28-29-42(38)40-36(32(15-6)16-7)25-22-26-37(40)33(17-8)18-9;6-5-2-1-3-7-4-5;/h21-33H,1,10-20H2,2-9H3;1-3H;/q2*-1;+2. The molecule has 3 aromatic rings. The number of hydrogen-bond donors (Lipinski definition) is 0. The van der Waals surface area contributed by atoms with Gasteiger partial charge in [0.1, 0.15) is 5.82 Å². The molecule has 0 radical (unpaired) electrons. The summed E-state index contributed by atoms with van der Waals surface area (Å²) in [6, 6.07) is 17.8. The van der Waals surface area contributed by atoms with Gasteiger partial charge in [0.25, 0.3) is 0 Å². The van der Waals surface area contributed by atoms with Crippen LogP contribution >= 0.6 is 11.6 Å². The fraction of sp³-hybridized carbons (Fsp3) is 0.511. The zero-order valence-electron chi connectivity index (χ0n) is 32.3. The fourth-order valence-corrected chi connectivity index (χ4v) is 7.73. The van der Waals surface area contributed by atoms with Crippen molar-refractivity contribution in [2.45, 2.75) is 150 Å². The molecule has 0 saturated heterocycles. The Morgan fingerprint density at radius 2 is 1.02 bits per heavy atom. The van der Waals surface area contributed by atoms with Crippen LogP contribution in [0.5, 0.6) is 0 Å². The first-order valence-electron chi connectivity index (χ1n) is 19.4. The molecule has 0 aliphatic carbocycles. The molecule has 1 aromatic heterocycles. The summed E-state index contributed by atoms with van der Waals surface area (Å²) in [5, 5.41) is 0.558. The summed E-state index contributed by atoms with van der Waals surface area (Å²) in [6.45, 7) is 23.0. The van der Waals surface area contributed by atoms with E-state index in [-0.39, 0.29) is 20.4 Å². The van der Waals surface area contributed by atoms with Crippen LogP contribution in [-0.2, 0) is 20.4 Å². The minimum atomic E-state index is 0. The van der Waals surface area contributed by atoms with Crippen LogP contribution in [0.25, 0.3) is 0 Å². The zero-order valence-corrected chi connectivity index (χ0v) is 34.6. The average molecular weight is 789 g/mol. The molecule has 0 saturated carbocycles. The van der Waals surface area contributed by atoms with Gasteiger partial charge in [-0.15, -0.1) is 17.7 Å². The van der Waals surface area contributed by atoms with Crippen LogP contribution in [0.1, 0.15) is 172 Å². The second-order valence-electron chi connectivity index (χ2n) is 13.3. The molecule has 2 aromatic carbocycles. The maximum Gasteiger partial charge on any atom is 2.00 e. The molecule has 0 amide bonds. The molecule has 0 spiro atoms. The third-order valence-electron chi connectivity index (χ3n) is 10.6. The van der Waals surface area contributed by atoms with E-state index < -0.39 is 0 Å². The van der Waals surface area contributed by atoms with E-state index in [4.69, 9.17) is 11.6 Å². The molecular formula is C45H64ClN3Pd. The summed E-state index contributed by atoms with van der Waals surface area (Å²) in [5.74, 6) is 3.51. The maximum absolute atomic E-state index is 5.42. The molecule has 1 aliphatic rings. The van der Waals surface area contributed by atoms with Gasteiger partial charge in [-0.3, -0.25) is 0 Å². The van der Waals surface area contributed by atoms with Gasteiger partial charge < -0.3 is 21.7 Å². The van der Waals surface area contributed by atoms with Gasteiger partial charge in [0.2, 0.25) is 0 Å². The van der Waals surface area contributed by atoms with Gasteiger partial charge in [0, 0.05) is 12.4 Å². The summed E-state index contributed by atoms with van der Waals surface area (Å²) >= 11 is 5.42. The molecular weight excluding hydrogens is 724 g/mol. The van der Waals surface area contributed by atoms with Gasteiger partial charge in [-0.1, -0.05) is 116 Å². The van der Waals surface area contributed by atoms with Crippen LogP contribution < -0.4 is 9.80 Å². The summed E-state index contributed by atoms with van der Waals surface area (Å²) in [7, 11) is 0. The van der Waals surface area contributed by atoms with E-state index in [1.807, 2.05) is 0 Å². The second-order valence-corrected chi connectivity index (χ2v) is 13.7. The smallest absolute Gasteiger partial charge is 0.393 e. The Morgan fingerprint density at radius 3 is 1.28 bits per heavy atom. The number of benzene rings is 2. The van der Waals surface area contributed by atoms with E-state index in [0.29, 0.717) is 28.7 Å². The first kappa shape index (κ1) is 43.8. The molecule has 2 heterocycles. The van der Waals surface area contributed by atoms with Crippen LogP contribution in [-0.4, -0.2) is 4.98 Å². The Kier molecular flexibility index (Phi) is 20.3. The number of hydrogen-bond acceptors (Lipinski definition) is 3. The molecule has 0 bridgehead atoms. The molecule has 0 atom stereocenters. The molecule has 3 nitrogen and oxygen atoms in total. The number of halogens is 1. The van der Waals surface area contributed by atoms with Crippen LogP contribution in [0.4, 0.5) is 11.4 Å². The number of anilines is 2. The number of nitrogens with zero attached hydrogens (tertiary/aromatic N) is 3. The Labute approximate surface area is 325 Å². The number of allylic oxidation sites excluding steroid dienone is 1. The van der Waals surface area contributed by atoms with Crippen molar-refractivity contribution in [1.29, 1.82) is 0 Å². The normalized spacial score (nSPS) is 12.6. The molecule has 4 rings (SSSR count). The van der Waals surface area contributed by atoms with E-state index in [2.05, 4.69) is 138 Å². The number of pyridine rings is 1. The topological polar surface area (TPSA) is 19.4 Å². The fourth-order valence-electron chi connectivity index (χ4n) is 7.61. The zero-order chi connectivity index (χ0) is 35.8. The van der Waals surface area contributed by atoms with Crippen molar-refractivity contribution in [2.24, 2.45) is 0 Å². The van der Waals surface area contributed by atoms with Gasteiger partial charge in [-0.2, -0.15) is 12.5 Å². The van der Waals surface area contributed by atoms with Gasteiger partial charge in [0.15, 0.2) is 0 Å². The van der Waals surface area contributed by atoms with E-state index in [0.717, 1.165) is 70.6 Å². The summed E-state index contributed by atoms with van der Waals surface area (Å²) in [5.41, 5.74) is 8.90. The van der Waals surface area contributed by atoms with Crippen molar-refractivity contribution in [3.8, 4) is 0 Å². The molecule has 5 heteroatoms. The third kappa shape index (κ3) is 10.8. The van der Waals surface area contributed by atoms with Crippen molar-refractivity contribution < 1.29 is 20.4 Å². The predicted molar refractivity (Wildman–Crippen MR) is 216 cm³/mol. The van der Waals surface area contributed by atoms with Crippen molar-refractivity contribution in [3.63, 3.8) is 0 Å². The summed E-state index contributed by atoms with van der Waals surface area (Å²) in [6.07, 6.45) is 23.8. The van der Waals surface area contributed by atoms with Crippen LogP contribution in [0, 0.1) is 13.1 Å². The van der Waals surface area contributed by atoms with E-state index in [1.54, 1.807) is 18.3 Å². The predicted octanol–water partition coefficient (Wildman–Crippen LogP) is 14.5. The SMILES string of the molecule is Clc1[c-]nccc1.[CH2-]CCCC=C1N(c2c(C(CC)CC)cccc2C(CC)CC)C=CN1c1c(C(CC)CC)cccc1C(CC)CC.[Pd+2]. The first-order chi connectivity index (χ1) is 23.9. The van der Waals surface area contributed by atoms with Crippen molar-refractivity contribution >= 4 is 23.0 Å². The molecule has 1 aliphatic heterocycles. The van der Waals surface area contributed by atoms with Crippen molar-refractivity contribution in [3.05, 3.63) is 119 Å². The van der Waals surface area contributed by atoms with Crippen LogP contribution in [0.2, 0.25) is 5.02 Å². The Hall–Kier alpha value is -2.38. The summed E-state index contributed by atoms with van der Waals surface area (Å²) in [4.78, 5) is 8.78. The second kappa shape index (κ2) is 23.2. The minimum Gasteiger partial charge on any atom is -0.393 e.